The Balaban J connectivity index is 0.000000140. The molecule has 3 unspecified atom stereocenters. The average Bonchev–Trinajstić information content (AvgIpc) is 1.61. The number of aromatic nitrogens is 12. The molecule has 0 bridgehead atoms. The number of ether oxygens (including phenoxy) is 6. The number of aryl methyl sites for hydroxylation is 3. The number of rotatable bonds is 17. The van der Waals surface area contributed by atoms with E-state index in [-0.39, 0.29) is 62.7 Å². The Labute approximate surface area is 731 Å². The van der Waals surface area contributed by atoms with E-state index in [4.69, 9.17) is 58.3 Å². The van der Waals surface area contributed by atoms with Crippen LogP contribution in [0.15, 0.2) is 129 Å². The van der Waals surface area contributed by atoms with E-state index in [1.165, 1.54) is 6.20 Å². The molecule has 6 amide bonds. The van der Waals surface area contributed by atoms with Gasteiger partial charge >= 0.3 is 18.3 Å². The Bertz CT molecular complexity index is 6240. The van der Waals surface area contributed by atoms with Gasteiger partial charge in [-0.2, -0.15) is 8.42 Å². The Kier molecular flexibility index (Phi) is 24.1. The third-order valence-electron chi connectivity index (χ3n) is 22.5. The van der Waals surface area contributed by atoms with E-state index < -0.39 is 62.9 Å². The lowest BCUT2D eigenvalue weighted by Crippen LogP contribution is -2.37. The quantitative estimate of drug-likeness (QED) is 0.0417. The van der Waals surface area contributed by atoms with E-state index in [1.54, 1.807) is 99.4 Å². The second-order valence-corrected chi connectivity index (χ2v) is 36.5. The monoisotopic (exact) mass is 1750 g/mol. The van der Waals surface area contributed by atoms with Crippen molar-refractivity contribution in [2.24, 2.45) is 26.9 Å². The second kappa shape index (κ2) is 35.0. The van der Waals surface area contributed by atoms with E-state index in [1.807, 2.05) is 120 Å². The number of anilines is 6. The van der Waals surface area contributed by atoms with Crippen molar-refractivity contribution in [3.8, 4) is 33.8 Å². The summed E-state index contributed by atoms with van der Waals surface area (Å²) in [7, 11) is 2.00. The van der Waals surface area contributed by atoms with Gasteiger partial charge in [-0.05, 0) is 153 Å². The molecule has 6 aliphatic rings. The largest absolute Gasteiger partial charge is 0.443 e. The summed E-state index contributed by atoms with van der Waals surface area (Å²) in [6, 6.07) is 22.7. The minimum atomic E-state index is -3.72. The number of carbonyl (C=O) groups is 6. The number of nitrogens with one attached hydrogen (secondary N) is 3. The molecular formula is C91H99N19O16S. The van der Waals surface area contributed by atoms with Gasteiger partial charge in [0.05, 0.1) is 139 Å². The van der Waals surface area contributed by atoms with Crippen LogP contribution in [0.2, 0.25) is 0 Å². The molecule has 0 radical (unpaired) electrons. The molecule has 3 fully saturated rings. The van der Waals surface area contributed by atoms with Crippen molar-refractivity contribution in [3.05, 3.63) is 196 Å². The van der Waals surface area contributed by atoms with Crippen molar-refractivity contribution in [2.75, 3.05) is 61.8 Å². The van der Waals surface area contributed by atoms with Gasteiger partial charge in [0.15, 0.2) is 0 Å². The molecule has 0 aliphatic carbocycles. The molecule has 18 heterocycles. The minimum Gasteiger partial charge on any atom is -0.443 e. The highest BCUT2D eigenvalue weighted by molar-refractivity contribution is 7.85. The zero-order valence-corrected chi connectivity index (χ0v) is 73.5. The molecule has 660 valence electrons. The molecule has 0 spiro atoms. The summed E-state index contributed by atoms with van der Waals surface area (Å²) in [5.74, 6) is 0.340. The number of nitrogens with two attached hydrogens (primary N) is 1. The van der Waals surface area contributed by atoms with E-state index in [0.717, 1.165) is 119 Å². The molecule has 127 heavy (non-hydrogen) atoms. The lowest BCUT2D eigenvalue weighted by Gasteiger charge is -2.23. The molecule has 35 nitrogen and oxygen atoms in total. The topological polar surface area (TPSA) is 424 Å². The summed E-state index contributed by atoms with van der Waals surface area (Å²) < 4.78 is 67.7. The fraction of sp³-hybridized carbons (Fsp3) is 0.374. The Hall–Kier alpha value is -13.1. The molecular weight excluding hydrogens is 1650 g/mol. The number of fused-ring (bicyclic) bond motifs is 6. The number of imide groups is 3. The molecule has 12 aromatic rings. The van der Waals surface area contributed by atoms with Gasteiger partial charge in [-0.15, -0.1) is 0 Å². The lowest BCUT2D eigenvalue weighted by molar-refractivity contribution is 0.0231. The van der Waals surface area contributed by atoms with Crippen molar-refractivity contribution in [1.82, 2.24) is 73.3 Å². The standard InChI is InChI=1S/C31H34N6O7S.C30H33N7O4.C30H32N6O5/c1-31(2,3)44-30(39)37-15-22-26(29(37)38)23(14-33-27(22)20-8-11-32-28-21(20)9-12-36(28)4)34-25-7-6-19(18-10-13-42-16-18)24(35-25)17-43-45(5,40)41;1-30(2,3)41-29(39)37-15-21-25(28(37)38)23(14-33-26(21)19-7-10-32-27-20(19)8-11-36(27)4)35-24-6-5-18(22(13-31)34-24)17-9-12-40-16-17;1-30(2,3)41-29(39)36-14-21-25(28(36)38)22(13-32-26(21)19-7-10-31-27-20(19)8-11-35(27)4)33-24-6-5-18(23(15-37)34-24)17-9-12-40-16-17/h6-9,11-12,14,18H,10,13,15-17H2,1-5H3,(H,34,35);5-8,10-11,14,17H,9,12-13,15-16,31H2,1-4H3,(H,34,35);5-8,10-11,13,17,37H,9,12,14-16H2,1-4H3,(H,33,34). The normalized spacial score (nSPS) is 16.8. The first-order valence-corrected chi connectivity index (χ1v) is 43.5. The number of nitrogens with zero attached hydrogens (tertiary/aromatic N) is 15. The Morgan fingerprint density at radius 3 is 1.08 bits per heavy atom. The average molecular weight is 1750 g/mol. The molecule has 18 rings (SSSR count). The number of amides is 6. The van der Waals surface area contributed by atoms with Crippen molar-refractivity contribution < 1.29 is 74.9 Å². The second-order valence-electron chi connectivity index (χ2n) is 34.9. The van der Waals surface area contributed by atoms with Crippen LogP contribution in [-0.2, 0) is 103 Å². The summed E-state index contributed by atoms with van der Waals surface area (Å²) in [5, 5.41) is 22.4. The van der Waals surface area contributed by atoms with Gasteiger partial charge in [0, 0.05) is 152 Å². The number of hydrogen-bond donors (Lipinski definition) is 5. The summed E-state index contributed by atoms with van der Waals surface area (Å²) >= 11 is 0. The molecule has 3 saturated heterocycles. The van der Waals surface area contributed by atoms with Crippen LogP contribution in [0.5, 0.6) is 0 Å². The highest BCUT2D eigenvalue weighted by atomic mass is 32.2. The SMILES string of the molecule is Cn1ccc2c(-c3ncc(Nc4ccc(C5CCOC5)c(CN)n4)c4c3CN(C(=O)OC(C)(C)C)C4=O)ccnc21.Cn1ccc2c(-c3ncc(Nc4ccc(C5CCOC5)c(CO)n4)c4c3CN(C(=O)OC(C)(C)C)C4=O)ccnc21.Cn1ccc2c(-c3ncc(Nc4ccc(C5CCOC5)c(COS(C)(=O)=O)n4)c4c3CN(C(=O)OC(C)(C)C)C4=O)ccnc21. The number of aliphatic hydroxyl groups is 1. The summed E-state index contributed by atoms with van der Waals surface area (Å²) in [6.45, 7) is 19.3. The molecule has 6 aliphatic heterocycles. The maximum Gasteiger partial charge on any atom is 0.417 e. The first kappa shape index (κ1) is 87.4. The van der Waals surface area contributed by atoms with E-state index in [9.17, 15) is 42.3 Å². The highest BCUT2D eigenvalue weighted by Crippen LogP contribution is 2.45. The molecule has 0 aromatic carbocycles. The zero-order chi connectivity index (χ0) is 89.9. The van der Waals surface area contributed by atoms with Crippen molar-refractivity contribution in [2.45, 2.75) is 156 Å². The number of carbonyl (C=O) groups excluding carboxylic acids is 6. The van der Waals surface area contributed by atoms with Crippen LogP contribution >= 0.6 is 0 Å². The van der Waals surface area contributed by atoms with Crippen molar-refractivity contribution in [1.29, 1.82) is 0 Å². The highest BCUT2D eigenvalue weighted by Gasteiger charge is 2.44. The van der Waals surface area contributed by atoms with E-state index >= 15 is 0 Å². The molecule has 36 heteroatoms. The molecule has 6 N–H and O–H groups in total. The lowest BCUT2D eigenvalue weighted by atomic mass is 9.96. The molecule has 12 aromatic heterocycles. The number of hydrogen-bond acceptors (Lipinski definition) is 29. The van der Waals surface area contributed by atoms with Crippen LogP contribution in [0.3, 0.4) is 0 Å². The van der Waals surface area contributed by atoms with Gasteiger partial charge in [0.25, 0.3) is 27.8 Å². The van der Waals surface area contributed by atoms with Crippen LogP contribution < -0.4 is 21.7 Å². The third kappa shape index (κ3) is 18.2. The fourth-order valence-corrected chi connectivity index (χ4v) is 16.9. The van der Waals surface area contributed by atoms with Gasteiger partial charge in [-0.1, -0.05) is 18.2 Å². The van der Waals surface area contributed by atoms with Crippen LogP contribution in [0.25, 0.3) is 66.9 Å². The summed E-state index contributed by atoms with van der Waals surface area (Å²) in [4.78, 5) is 126. The Morgan fingerprint density at radius 2 is 0.780 bits per heavy atom. The van der Waals surface area contributed by atoms with Crippen LogP contribution in [0.1, 0.15) is 181 Å². The first-order valence-electron chi connectivity index (χ1n) is 41.7. The van der Waals surface area contributed by atoms with Crippen LogP contribution in [-0.4, -0.2) is 185 Å². The van der Waals surface area contributed by atoms with Crippen LogP contribution in [0, 0.1) is 0 Å². The molecule has 0 saturated carbocycles. The first-order chi connectivity index (χ1) is 60.6. The smallest absolute Gasteiger partial charge is 0.417 e. The third-order valence-corrected chi connectivity index (χ3v) is 23.0. The maximum atomic E-state index is 13.9. The predicted molar refractivity (Wildman–Crippen MR) is 471 cm³/mol. The van der Waals surface area contributed by atoms with E-state index in [0.29, 0.717) is 124 Å². The molecule has 3 atom stereocenters. The number of pyridine rings is 9. The van der Waals surface area contributed by atoms with Gasteiger partial charge < -0.3 is 68.9 Å². The van der Waals surface area contributed by atoms with Gasteiger partial charge in [-0.3, -0.25) is 33.5 Å². The fourth-order valence-electron chi connectivity index (χ4n) is 16.6. The zero-order valence-electron chi connectivity index (χ0n) is 72.7. The van der Waals surface area contributed by atoms with Gasteiger partial charge in [-0.25, -0.2) is 59.0 Å². The van der Waals surface area contributed by atoms with Crippen LogP contribution in [0.4, 0.5) is 48.9 Å². The predicted octanol–water partition coefficient (Wildman–Crippen LogP) is 13.9. The minimum absolute atomic E-state index is 0.00746. The van der Waals surface area contributed by atoms with Gasteiger partial charge in [0.2, 0.25) is 0 Å². The van der Waals surface area contributed by atoms with Crippen molar-refractivity contribution in [3.63, 3.8) is 0 Å². The van der Waals surface area contributed by atoms with Crippen molar-refractivity contribution >= 4 is 114 Å². The van der Waals surface area contributed by atoms with Gasteiger partial charge in [0.1, 0.15) is 57.8 Å². The summed E-state index contributed by atoms with van der Waals surface area (Å²) in [5.41, 5.74) is 18.7. The maximum absolute atomic E-state index is 13.9. The summed E-state index contributed by atoms with van der Waals surface area (Å²) in [6.07, 6.45) is 16.9. The Morgan fingerprint density at radius 1 is 0.465 bits per heavy atom. The number of aliphatic hydroxyl groups excluding tert-OH is 1. The van der Waals surface area contributed by atoms with E-state index in [2.05, 4.69) is 40.9 Å².